The first kappa shape index (κ1) is 23.8. The van der Waals surface area contributed by atoms with Gasteiger partial charge in [0, 0.05) is 46.0 Å². The van der Waals surface area contributed by atoms with Gasteiger partial charge in [-0.15, -0.1) is 0 Å². The number of pyridine rings is 1. The zero-order valence-corrected chi connectivity index (χ0v) is 21.6. The van der Waals surface area contributed by atoms with Crippen LogP contribution in [0.3, 0.4) is 0 Å². The van der Waals surface area contributed by atoms with Crippen LogP contribution in [-0.4, -0.2) is 41.1 Å². The van der Waals surface area contributed by atoms with Crippen molar-refractivity contribution in [3.05, 3.63) is 98.8 Å². The molecule has 7 heteroatoms. The molecule has 0 aliphatic carbocycles. The molecule has 0 unspecified atom stereocenters. The maximum Gasteiger partial charge on any atom is 0.129 e. The molecule has 2 aliphatic heterocycles. The van der Waals surface area contributed by atoms with Crippen LogP contribution in [0.4, 0.5) is 5.69 Å². The number of fused-ring (bicyclic) bond motifs is 2. The molecule has 3 heterocycles. The zero-order chi connectivity index (χ0) is 23.7. The zero-order valence-electron chi connectivity index (χ0n) is 18.6. The number of likely N-dealkylation sites (tertiary alicyclic amines) is 1. The van der Waals surface area contributed by atoms with Crippen LogP contribution in [0.15, 0.2) is 66.9 Å². The van der Waals surface area contributed by atoms with Crippen LogP contribution >= 0.6 is 47.0 Å². The third-order valence-electron chi connectivity index (χ3n) is 6.86. The Morgan fingerprint density at radius 2 is 1.71 bits per heavy atom. The number of anilines is 1. The van der Waals surface area contributed by atoms with Gasteiger partial charge in [0.25, 0.3) is 0 Å². The standard InChI is InChI=1S/C27H24Cl3N3S/c28-21-5-3-19(4-6-21)2-1-13-32-14-10-27(11-15-32)18-33(24-8-7-22(29)17-23(24)27)26(34)20-9-12-31-25(30)16-20/h1-9,12,16-17H,10-11,13-15,18H2. The second kappa shape index (κ2) is 9.96. The molecule has 0 atom stereocenters. The van der Waals surface area contributed by atoms with E-state index in [2.05, 4.69) is 39.1 Å². The number of nitrogens with zero attached hydrogens (tertiary/aromatic N) is 3. The minimum absolute atomic E-state index is 0.0392. The molecule has 3 nitrogen and oxygen atoms in total. The largest absolute Gasteiger partial charge is 0.331 e. The van der Waals surface area contributed by atoms with E-state index in [9.17, 15) is 0 Å². The number of hydrogen-bond donors (Lipinski definition) is 0. The van der Waals surface area contributed by atoms with Crippen molar-refractivity contribution in [2.45, 2.75) is 18.3 Å². The molecule has 2 aliphatic rings. The summed E-state index contributed by atoms with van der Waals surface area (Å²) in [5.74, 6) is 0. The van der Waals surface area contributed by atoms with Crippen molar-refractivity contribution >= 4 is 63.8 Å². The first-order chi connectivity index (χ1) is 16.4. The van der Waals surface area contributed by atoms with Crippen molar-refractivity contribution in [1.82, 2.24) is 9.88 Å². The van der Waals surface area contributed by atoms with Gasteiger partial charge in [-0.25, -0.2) is 4.98 Å². The van der Waals surface area contributed by atoms with E-state index >= 15 is 0 Å². The first-order valence-electron chi connectivity index (χ1n) is 11.3. The molecule has 1 saturated heterocycles. The summed E-state index contributed by atoms with van der Waals surface area (Å²) >= 11 is 24.5. The molecule has 1 fully saturated rings. The minimum atomic E-state index is 0.0392. The van der Waals surface area contributed by atoms with Crippen molar-refractivity contribution < 1.29 is 0 Å². The molecule has 0 bridgehead atoms. The van der Waals surface area contributed by atoms with Crippen molar-refractivity contribution in [2.24, 2.45) is 0 Å². The van der Waals surface area contributed by atoms with E-state index in [0.717, 1.165) is 70.9 Å². The number of halogens is 3. The van der Waals surface area contributed by atoms with Gasteiger partial charge >= 0.3 is 0 Å². The number of piperidine rings is 1. The molecule has 0 amide bonds. The molecule has 3 aromatic rings. The Hall–Kier alpha value is -1.95. The van der Waals surface area contributed by atoms with E-state index in [1.54, 1.807) is 6.20 Å². The Labute approximate surface area is 221 Å². The van der Waals surface area contributed by atoms with Crippen LogP contribution in [0.25, 0.3) is 6.08 Å². The van der Waals surface area contributed by atoms with Crippen LogP contribution < -0.4 is 4.90 Å². The number of hydrogen-bond acceptors (Lipinski definition) is 3. The topological polar surface area (TPSA) is 19.4 Å². The minimum Gasteiger partial charge on any atom is -0.331 e. The summed E-state index contributed by atoms with van der Waals surface area (Å²) in [6.45, 7) is 3.84. The van der Waals surface area contributed by atoms with Gasteiger partial charge in [0.05, 0.1) is 0 Å². The maximum atomic E-state index is 6.45. The average molecular weight is 529 g/mol. The lowest BCUT2D eigenvalue weighted by atomic mass is 9.74. The van der Waals surface area contributed by atoms with Crippen LogP contribution in [0.1, 0.15) is 29.5 Å². The van der Waals surface area contributed by atoms with Crippen LogP contribution in [0, 0.1) is 0 Å². The Morgan fingerprint density at radius 1 is 0.971 bits per heavy atom. The Morgan fingerprint density at radius 3 is 2.44 bits per heavy atom. The maximum absolute atomic E-state index is 6.45. The van der Waals surface area contributed by atoms with E-state index in [1.165, 1.54) is 5.56 Å². The predicted molar refractivity (Wildman–Crippen MR) is 148 cm³/mol. The van der Waals surface area contributed by atoms with Gasteiger partial charge in [-0.2, -0.15) is 0 Å². The molecule has 5 rings (SSSR count). The fourth-order valence-corrected chi connectivity index (χ4v) is 5.78. The number of benzene rings is 2. The summed E-state index contributed by atoms with van der Waals surface area (Å²) < 4.78 is 0. The molecule has 0 saturated carbocycles. The van der Waals surface area contributed by atoms with Gasteiger partial charge in [-0.3, -0.25) is 4.90 Å². The normalized spacial score (nSPS) is 17.4. The van der Waals surface area contributed by atoms with Crippen molar-refractivity contribution in [3.63, 3.8) is 0 Å². The quantitative estimate of drug-likeness (QED) is 0.261. The van der Waals surface area contributed by atoms with E-state index in [1.807, 2.05) is 42.5 Å². The fourth-order valence-electron chi connectivity index (χ4n) is 5.02. The van der Waals surface area contributed by atoms with Crippen LogP contribution in [0.2, 0.25) is 15.2 Å². The third-order valence-corrected chi connectivity index (χ3v) is 8.01. The molecule has 0 N–H and O–H groups in total. The Kier molecular flexibility index (Phi) is 6.97. The summed E-state index contributed by atoms with van der Waals surface area (Å²) in [5, 5.41) is 1.98. The second-order valence-corrected chi connectivity index (χ2v) is 10.6. The highest BCUT2D eigenvalue weighted by molar-refractivity contribution is 7.81. The summed E-state index contributed by atoms with van der Waals surface area (Å²) in [5.41, 5.74) is 4.57. The average Bonchev–Trinajstić information content (AvgIpc) is 3.14. The second-order valence-electron chi connectivity index (χ2n) is 8.95. The summed E-state index contributed by atoms with van der Waals surface area (Å²) in [4.78, 5) is 9.63. The summed E-state index contributed by atoms with van der Waals surface area (Å²) in [6, 6.07) is 17.9. The van der Waals surface area contributed by atoms with Gasteiger partial charge in [0.2, 0.25) is 0 Å². The highest BCUT2D eigenvalue weighted by atomic mass is 35.5. The van der Waals surface area contributed by atoms with Gasteiger partial charge in [-0.1, -0.05) is 71.3 Å². The van der Waals surface area contributed by atoms with Crippen LogP contribution in [-0.2, 0) is 5.41 Å². The fraction of sp³-hybridized carbons (Fsp3) is 0.259. The summed E-state index contributed by atoms with van der Waals surface area (Å²) in [7, 11) is 0. The SMILES string of the molecule is S=C(c1ccnc(Cl)c1)N1CC2(CCN(CC=Cc3ccc(Cl)cc3)CC2)c2cc(Cl)ccc21. The molecule has 0 radical (unpaired) electrons. The van der Waals surface area contributed by atoms with E-state index in [0.29, 0.717) is 5.15 Å². The van der Waals surface area contributed by atoms with Crippen molar-refractivity contribution in [3.8, 4) is 0 Å². The molecular weight excluding hydrogens is 505 g/mol. The highest BCUT2D eigenvalue weighted by Gasteiger charge is 2.45. The number of rotatable bonds is 4. The van der Waals surface area contributed by atoms with E-state index in [4.69, 9.17) is 47.0 Å². The first-order valence-corrected chi connectivity index (χ1v) is 12.9. The van der Waals surface area contributed by atoms with Gasteiger partial charge < -0.3 is 4.90 Å². The van der Waals surface area contributed by atoms with E-state index in [-0.39, 0.29) is 5.41 Å². The lowest BCUT2D eigenvalue weighted by Gasteiger charge is -2.39. The highest BCUT2D eigenvalue weighted by Crippen LogP contribution is 2.48. The molecule has 1 spiro atoms. The lowest BCUT2D eigenvalue weighted by molar-refractivity contribution is 0.182. The van der Waals surface area contributed by atoms with Gasteiger partial charge in [-0.05, 0) is 79.5 Å². The van der Waals surface area contributed by atoms with Crippen LogP contribution in [0.5, 0.6) is 0 Å². The van der Waals surface area contributed by atoms with Gasteiger partial charge in [0.1, 0.15) is 10.1 Å². The smallest absolute Gasteiger partial charge is 0.129 e. The Balaban J connectivity index is 1.31. The predicted octanol–water partition coefficient (Wildman–Crippen LogP) is 7.28. The summed E-state index contributed by atoms with van der Waals surface area (Å²) in [6.07, 6.45) is 8.21. The lowest BCUT2D eigenvalue weighted by Crippen LogP contribution is -2.46. The molecule has 1 aromatic heterocycles. The van der Waals surface area contributed by atoms with Crippen molar-refractivity contribution in [1.29, 1.82) is 0 Å². The molecule has 2 aromatic carbocycles. The molecule has 34 heavy (non-hydrogen) atoms. The van der Waals surface area contributed by atoms with E-state index < -0.39 is 0 Å². The van der Waals surface area contributed by atoms with Crippen molar-refractivity contribution in [2.75, 3.05) is 31.1 Å². The van der Waals surface area contributed by atoms with Gasteiger partial charge in [0.15, 0.2) is 0 Å². The number of thiocarbonyl (C=S) groups is 1. The number of aromatic nitrogens is 1. The Bertz CT molecular complexity index is 1230. The molecular formula is C27H24Cl3N3S. The monoisotopic (exact) mass is 527 g/mol. The molecule has 174 valence electrons. The third kappa shape index (κ3) is 4.89.